The summed E-state index contributed by atoms with van der Waals surface area (Å²) in [5.41, 5.74) is 0.543. The predicted molar refractivity (Wildman–Crippen MR) is 74.5 cm³/mol. The molecule has 0 bridgehead atoms. The standard InChI is InChI=1S/C12H17N3O3S/c1-3-4-9-13-15-19(17,18)12-7-5-11(6-8-12)14-10(2)16/h5-9,15H,3-4H2,1-2H3,(H,14,16)/b13-9+. The van der Waals surface area contributed by atoms with E-state index in [4.69, 9.17) is 0 Å². The van der Waals surface area contributed by atoms with Gasteiger partial charge in [0, 0.05) is 18.8 Å². The number of hydrogen-bond donors (Lipinski definition) is 2. The minimum atomic E-state index is -3.65. The fourth-order valence-corrected chi connectivity index (χ4v) is 2.09. The molecule has 19 heavy (non-hydrogen) atoms. The quantitative estimate of drug-likeness (QED) is 0.615. The van der Waals surface area contributed by atoms with Gasteiger partial charge in [-0.15, -0.1) is 0 Å². The van der Waals surface area contributed by atoms with E-state index in [0.29, 0.717) is 12.1 Å². The van der Waals surface area contributed by atoms with Crippen LogP contribution in [0.15, 0.2) is 34.3 Å². The number of rotatable bonds is 6. The van der Waals surface area contributed by atoms with E-state index in [0.717, 1.165) is 6.42 Å². The molecule has 0 atom stereocenters. The molecule has 1 amide bonds. The van der Waals surface area contributed by atoms with Crippen molar-refractivity contribution in [3.63, 3.8) is 0 Å². The molecule has 0 spiro atoms. The zero-order valence-electron chi connectivity index (χ0n) is 10.9. The van der Waals surface area contributed by atoms with Crippen LogP contribution in [0.1, 0.15) is 26.7 Å². The molecule has 0 saturated carbocycles. The first kappa shape index (κ1) is 15.2. The molecule has 1 aromatic carbocycles. The van der Waals surface area contributed by atoms with Crippen molar-refractivity contribution in [3.8, 4) is 0 Å². The van der Waals surface area contributed by atoms with E-state index in [1.807, 2.05) is 6.92 Å². The van der Waals surface area contributed by atoms with Gasteiger partial charge in [-0.1, -0.05) is 13.3 Å². The zero-order valence-corrected chi connectivity index (χ0v) is 11.7. The first-order valence-corrected chi connectivity index (χ1v) is 7.35. The Balaban J connectivity index is 2.76. The summed E-state index contributed by atoms with van der Waals surface area (Å²) in [6.07, 6.45) is 3.13. The monoisotopic (exact) mass is 283 g/mol. The third kappa shape index (κ3) is 5.09. The van der Waals surface area contributed by atoms with Crippen LogP contribution < -0.4 is 10.1 Å². The van der Waals surface area contributed by atoms with Gasteiger partial charge in [-0.2, -0.15) is 13.5 Å². The lowest BCUT2D eigenvalue weighted by Crippen LogP contribution is -2.18. The lowest BCUT2D eigenvalue weighted by Gasteiger charge is -2.05. The van der Waals surface area contributed by atoms with Crippen molar-refractivity contribution in [2.45, 2.75) is 31.6 Å². The Bertz CT molecular complexity index is 550. The number of hydrazone groups is 1. The number of benzene rings is 1. The first-order chi connectivity index (χ1) is 8.95. The molecule has 1 aromatic rings. The summed E-state index contributed by atoms with van der Waals surface area (Å²) in [7, 11) is -3.65. The van der Waals surface area contributed by atoms with Crippen molar-refractivity contribution < 1.29 is 13.2 Å². The topological polar surface area (TPSA) is 87.6 Å². The summed E-state index contributed by atoms with van der Waals surface area (Å²) in [6, 6.07) is 5.85. The highest BCUT2D eigenvalue weighted by atomic mass is 32.2. The van der Waals surface area contributed by atoms with Crippen LogP contribution in [0, 0.1) is 0 Å². The molecule has 0 radical (unpaired) electrons. The van der Waals surface area contributed by atoms with Gasteiger partial charge in [-0.25, -0.2) is 4.83 Å². The maximum atomic E-state index is 11.8. The highest BCUT2D eigenvalue weighted by Crippen LogP contribution is 2.13. The van der Waals surface area contributed by atoms with Gasteiger partial charge in [-0.05, 0) is 30.7 Å². The Morgan fingerprint density at radius 2 is 1.95 bits per heavy atom. The van der Waals surface area contributed by atoms with Crippen molar-refractivity contribution in [1.29, 1.82) is 0 Å². The van der Waals surface area contributed by atoms with Crippen LogP contribution in [-0.4, -0.2) is 20.5 Å². The third-order valence-corrected chi connectivity index (χ3v) is 3.41. The molecule has 2 N–H and O–H groups in total. The molecular weight excluding hydrogens is 266 g/mol. The summed E-state index contributed by atoms with van der Waals surface area (Å²) < 4.78 is 23.6. The van der Waals surface area contributed by atoms with E-state index in [1.54, 1.807) is 0 Å². The smallest absolute Gasteiger partial charge is 0.276 e. The van der Waals surface area contributed by atoms with Crippen LogP contribution in [0.3, 0.4) is 0 Å². The van der Waals surface area contributed by atoms with E-state index >= 15 is 0 Å². The largest absolute Gasteiger partial charge is 0.326 e. The summed E-state index contributed by atoms with van der Waals surface area (Å²) in [4.78, 5) is 13.1. The summed E-state index contributed by atoms with van der Waals surface area (Å²) in [5.74, 6) is -0.210. The highest BCUT2D eigenvalue weighted by molar-refractivity contribution is 7.89. The molecule has 0 aromatic heterocycles. The number of anilines is 1. The maximum Gasteiger partial charge on any atom is 0.276 e. The van der Waals surface area contributed by atoms with Gasteiger partial charge in [0.25, 0.3) is 10.0 Å². The van der Waals surface area contributed by atoms with Gasteiger partial charge in [0.1, 0.15) is 0 Å². The number of unbranched alkanes of at least 4 members (excludes halogenated alkanes) is 1. The van der Waals surface area contributed by atoms with Gasteiger partial charge in [0.15, 0.2) is 0 Å². The summed E-state index contributed by atoms with van der Waals surface area (Å²) in [5, 5.41) is 6.21. The van der Waals surface area contributed by atoms with Crippen molar-refractivity contribution in [3.05, 3.63) is 24.3 Å². The number of nitrogens with one attached hydrogen (secondary N) is 2. The van der Waals surface area contributed by atoms with Crippen molar-refractivity contribution in [1.82, 2.24) is 4.83 Å². The summed E-state index contributed by atoms with van der Waals surface area (Å²) in [6.45, 7) is 3.36. The highest BCUT2D eigenvalue weighted by Gasteiger charge is 2.12. The lowest BCUT2D eigenvalue weighted by molar-refractivity contribution is -0.114. The number of carbonyl (C=O) groups is 1. The molecule has 0 aliphatic rings. The molecule has 0 unspecified atom stereocenters. The summed E-state index contributed by atoms with van der Waals surface area (Å²) >= 11 is 0. The second-order valence-electron chi connectivity index (χ2n) is 3.90. The minimum absolute atomic E-state index is 0.0928. The Morgan fingerprint density at radius 1 is 1.32 bits per heavy atom. The Hall–Kier alpha value is -1.89. The van der Waals surface area contributed by atoms with Gasteiger partial charge in [0.2, 0.25) is 5.91 Å². The van der Waals surface area contributed by atoms with Gasteiger partial charge in [0.05, 0.1) is 4.90 Å². The number of hydrogen-bond acceptors (Lipinski definition) is 4. The van der Waals surface area contributed by atoms with Gasteiger partial charge >= 0.3 is 0 Å². The number of amides is 1. The van der Waals surface area contributed by atoms with Crippen LogP contribution in [0.5, 0.6) is 0 Å². The van der Waals surface area contributed by atoms with E-state index in [1.165, 1.54) is 37.4 Å². The van der Waals surface area contributed by atoms with Crippen molar-refractivity contribution in [2.75, 3.05) is 5.32 Å². The molecule has 0 saturated heterocycles. The second-order valence-corrected chi connectivity index (χ2v) is 5.56. The van der Waals surface area contributed by atoms with Crippen LogP contribution in [0.25, 0.3) is 0 Å². The Morgan fingerprint density at radius 3 is 2.47 bits per heavy atom. The number of sulfonamides is 1. The van der Waals surface area contributed by atoms with Crippen LogP contribution in [0.4, 0.5) is 5.69 Å². The van der Waals surface area contributed by atoms with E-state index in [2.05, 4.69) is 15.2 Å². The number of nitrogens with zero attached hydrogens (tertiary/aromatic N) is 1. The zero-order chi connectivity index (χ0) is 14.3. The Labute approximate surface area is 113 Å². The molecule has 6 nitrogen and oxygen atoms in total. The van der Waals surface area contributed by atoms with Crippen molar-refractivity contribution >= 4 is 27.8 Å². The fourth-order valence-electron chi connectivity index (χ4n) is 1.27. The average molecular weight is 283 g/mol. The maximum absolute atomic E-state index is 11.8. The first-order valence-electron chi connectivity index (χ1n) is 5.86. The molecule has 0 fully saturated rings. The Kier molecular flexibility index (Phi) is 5.50. The van der Waals surface area contributed by atoms with Gasteiger partial charge < -0.3 is 5.32 Å². The van der Waals surface area contributed by atoms with Crippen molar-refractivity contribution in [2.24, 2.45) is 5.10 Å². The minimum Gasteiger partial charge on any atom is -0.326 e. The molecule has 0 aliphatic carbocycles. The van der Waals surface area contributed by atoms with E-state index in [9.17, 15) is 13.2 Å². The fraction of sp³-hybridized carbons (Fsp3) is 0.333. The molecule has 104 valence electrons. The van der Waals surface area contributed by atoms with Gasteiger partial charge in [-0.3, -0.25) is 4.79 Å². The van der Waals surface area contributed by atoms with Crippen LogP contribution in [0.2, 0.25) is 0 Å². The predicted octanol–water partition coefficient (Wildman–Crippen LogP) is 1.71. The molecule has 1 rings (SSSR count). The second kappa shape index (κ2) is 6.89. The number of carbonyl (C=O) groups excluding carboxylic acids is 1. The SMILES string of the molecule is CCC/C=N/NS(=O)(=O)c1ccc(NC(C)=O)cc1. The molecule has 0 heterocycles. The average Bonchev–Trinajstić information content (AvgIpc) is 2.35. The normalized spacial score (nSPS) is 11.5. The molecule has 7 heteroatoms. The van der Waals surface area contributed by atoms with E-state index in [-0.39, 0.29) is 10.8 Å². The molecular formula is C12H17N3O3S. The third-order valence-electron chi connectivity index (χ3n) is 2.17. The van der Waals surface area contributed by atoms with Crippen LogP contribution in [-0.2, 0) is 14.8 Å². The molecule has 0 aliphatic heterocycles. The van der Waals surface area contributed by atoms with E-state index < -0.39 is 10.0 Å². The van der Waals surface area contributed by atoms with Crippen LogP contribution >= 0.6 is 0 Å². The lowest BCUT2D eigenvalue weighted by atomic mass is 10.3.